The monoisotopic (exact) mass is 270 g/mol. The van der Waals surface area contributed by atoms with Crippen molar-refractivity contribution in [3.05, 3.63) is 0 Å². The van der Waals surface area contributed by atoms with Gasteiger partial charge >= 0.3 is 12.1 Å². The second-order valence-electron chi connectivity index (χ2n) is 4.01. The number of rotatable bonds is 4. The largest absolute Gasteiger partial charge is 0.480 e. The van der Waals surface area contributed by atoms with Crippen molar-refractivity contribution < 1.29 is 32.6 Å². The maximum absolute atomic E-state index is 12.3. The van der Waals surface area contributed by atoms with E-state index in [1.807, 2.05) is 0 Å². The maximum Gasteiger partial charge on any atom is 0.406 e. The van der Waals surface area contributed by atoms with Gasteiger partial charge in [0.1, 0.15) is 13.1 Å². The molecule has 1 aliphatic rings. The maximum atomic E-state index is 12.3. The zero-order valence-electron chi connectivity index (χ0n) is 9.31. The van der Waals surface area contributed by atoms with Crippen LogP contribution in [0.5, 0.6) is 0 Å². The number of carboxylic acids is 1. The fourth-order valence-corrected chi connectivity index (χ4v) is 1.65. The van der Waals surface area contributed by atoms with Crippen molar-refractivity contribution in [3.63, 3.8) is 0 Å². The van der Waals surface area contributed by atoms with Gasteiger partial charge in [0.15, 0.2) is 0 Å². The Bertz CT molecular complexity index is 334. The molecule has 1 heterocycles. The van der Waals surface area contributed by atoms with Gasteiger partial charge < -0.3 is 20.5 Å². The van der Waals surface area contributed by atoms with Crippen LogP contribution in [-0.2, 0) is 14.3 Å². The Labute approximate surface area is 100 Å². The summed E-state index contributed by atoms with van der Waals surface area (Å²) >= 11 is 0. The molecule has 18 heavy (non-hydrogen) atoms. The first-order chi connectivity index (χ1) is 8.20. The van der Waals surface area contributed by atoms with E-state index in [4.69, 9.17) is 15.6 Å². The molecule has 2 unspecified atom stereocenters. The molecule has 0 aromatic heterocycles. The Hall–Kier alpha value is -1.35. The van der Waals surface area contributed by atoms with Crippen molar-refractivity contribution >= 4 is 11.9 Å². The van der Waals surface area contributed by atoms with Crippen molar-refractivity contribution in [2.45, 2.75) is 12.2 Å². The molecule has 104 valence electrons. The summed E-state index contributed by atoms with van der Waals surface area (Å²) in [6, 6.07) is -0.706. The number of nitrogens with two attached hydrogens (primary N) is 1. The molecule has 0 aromatic carbocycles. The summed E-state index contributed by atoms with van der Waals surface area (Å²) in [4.78, 5) is 22.5. The molecule has 6 nitrogen and oxygen atoms in total. The van der Waals surface area contributed by atoms with Crippen LogP contribution in [0.25, 0.3) is 0 Å². The average Bonchev–Trinajstić information content (AvgIpc) is 2.59. The summed E-state index contributed by atoms with van der Waals surface area (Å²) in [5, 5.41) is 8.51. The lowest BCUT2D eigenvalue weighted by Crippen LogP contribution is -2.48. The highest BCUT2D eigenvalue weighted by atomic mass is 19.4. The van der Waals surface area contributed by atoms with Crippen LogP contribution >= 0.6 is 0 Å². The van der Waals surface area contributed by atoms with Crippen LogP contribution < -0.4 is 5.73 Å². The fourth-order valence-electron chi connectivity index (χ4n) is 1.65. The number of carbonyl (C=O) groups excluding carboxylic acids is 1. The van der Waals surface area contributed by atoms with Crippen LogP contribution in [0.15, 0.2) is 0 Å². The lowest BCUT2D eigenvalue weighted by molar-refractivity contribution is -0.168. The second-order valence-corrected chi connectivity index (χ2v) is 4.01. The smallest absolute Gasteiger partial charge is 0.406 e. The first-order valence-electron chi connectivity index (χ1n) is 5.11. The van der Waals surface area contributed by atoms with Gasteiger partial charge in [-0.1, -0.05) is 0 Å². The number of aliphatic carboxylic acids is 1. The summed E-state index contributed by atoms with van der Waals surface area (Å²) in [6.07, 6.45) is -4.66. The second kappa shape index (κ2) is 5.53. The number of ether oxygens (including phenoxy) is 1. The number of carboxylic acid groups (broad SMARTS) is 1. The molecule has 0 aliphatic carbocycles. The molecule has 0 bridgehead atoms. The number of halogens is 3. The van der Waals surface area contributed by atoms with Crippen molar-refractivity contribution in [2.24, 2.45) is 11.7 Å². The minimum Gasteiger partial charge on any atom is -0.480 e. The molecule has 0 saturated carbocycles. The SMILES string of the molecule is NC1COCC1C(=O)N(CC(=O)O)CC(F)(F)F. The van der Waals surface area contributed by atoms with Crippen LogP contribution in [0.3, 0.4) is 0 Å². The standard InChI is InChI=1S/C9H13F3N2O4/c10-9(11,12)4-14(1-7(15)16)8(17)5-2-18-3-6(5)13/h5-6H,1-4,13H2,(H,15,16). The lowest BCUT2D eigenvalue weighted by atomic mass is 10.0. The van der Waals surface area contributed by atoms with Gasteiger partial charge in [-0.2, -0.15) is 13.2 Å². The highest BCUT2D eigenvalue weighted by Gasteiger charge is 2.39. The van der Waals surface area contributed by atoms with Crippen molar-refractivity contribution in [3.8, 4) is 0 Å². The van der Waals surface area contributed by atoms with Crippen LogP contribution in [0.4, 0.5) is 13.2 Å². The van der Waals surface area contributed by atoms with E-state index in [1.54, 1.807) is 0 Å². The van der Waals surface area contributed by atoms with E-state index in [-0.39, 0.29) is 18.1 Å². The molecule has 1 amide bonds. The molecular weight excluding hydrogens is 257 g/mol. The van der Waals surface area contributed by atoms with Gasteiger partial charge in [0.25, 0.3) is 0 Å². The first-order valence-corrected chi connectivity index (χ1v) is 5.11. The predicted molar refractivity (Wildman–Crippen MR) is 52.6 cm³/mol. The summed E-state index contributed by atoms with van der Waals surface area (Å²) in [5.74, 6) is -3.38. The normalized spacial score (nSPS) is 24.0. The molecule has 1 saturated heterocycles. The van der Waals surface area contributed by atoms with Crippen LogP contribution in [0.2, 0.25) is 0 Å². The van der Waals surface area contributed by atoms with Gasteiger partial charge in [-0.25, -0.2) is 0 Å². The predicted octanol–water partition coefficient (Wildman–Crippen LogP) is -0.564. The van der Waals surface area contributed by atoms with E-state index >= 15 is 0 Å². The Balaban J connectivity index is 2.75. The molecule has 0 radical (unpaired) electrons. The Morgan fingerprint density at radius 3 is 2.39 bits per heavy atom. The molecule has 9 heteroatoms. The zero-order valence-corrected chi connectivity index (χ0v) is 9.31. The number of hydrogen-bond donors (Lipinski definition) is 2. The number of hydrogen-bond acceptors (Lipinski definition) is 4. The van der Waals surface area contributed by atoms with Gasteiger partial charge in [-0.05, 0) is 0 Å². The van der Waals surface area contributed by atoms with Crippen molar-refractivity contribution in [1.29, 1.82) is 0 Å². The van der Waals surface area contributed by atoms with E-state index in [9.17, 15) is 22.8 Å². The minimum absolute atomic E-state index is 0.0728. The summed E-state index contributed by atoms with van der Waals surface area (Å²) in [7, 11) is 0. The quantitative estimate of drug-likeness (QED) is 0.714. The zero-order chi connectivity index (χ0) is 13.9. The van der Waals surface area contributed by atoms with Crippen molar-refractivity contribution in [1.82, 2.24) is 4.90 Å². The van der Waals surface area contributed by atoms with Crippen LogP contribution in [0, 0.1) is 5.92 Å². The summed E-state index contributed by atoms with van der Waals surface area (Å²) in [5.41, 5.74) is 5.51. The Morgan fingerprint density at radius 2 is 2.00 bits per heavy atom. The Kier molecular flexibility index (Phi) is 4.52. The highest BCUT2D eigenvalue weighted by molar-refractivity contribution is 5.84. The van der Waals surface area contributed by atoms with E-state index in [1.165, 1.54) is 0 Å². The van der Waals surface area contributed by atoms with Crippen LogP contribution in [-0.4, -0.2) is 60.4 Å². The van der Waals surface area contributed by atoms with E-state index in [0.717, 1.165) is 0 Å². The summed E-state index contributed by atoms with van der Waals surface area (Å²) < 4.78 is 41.6. The number of carbonyl (C=O) groups is 2. The first kappa shape index (κ1) is 14.7. The van der Waals surface area contributed by atoms with Crippen molar-refractivity contribution in [2.75, 3.05) is 26.3 Å². The van der Waals surface area contributed by atoms with Gasteiger partial charge in [-0.15, -0.1) is 0 Å². The molecule has 2 atom stereocenters. The Morgan fingerprint density at radius 1 is 1.39 bits per heavy atom. The van der Waals surface area contributed by atoms with Gasteiger partial charge in [0.05, 0.1) is 19.1 Å². The molecular formula is C9H13F3N2O4. The van der Waals surface area contributed by atoms with Gasteiger partial charge in [0.2, 0.25) is 5.91 Å². The number of amides is 1. The van der Waals surface area contributed by atoms with E-state index < -0.39 is 43.1 Å². The third-order valence-corrected chi connectivity index (χ3v) is 2.45. The molecule has 0 spiro atoms. The average molecular weight is 270 g/mol. The third-order valence-electron chi connectivity index (χ3n) is 2.45. The van der Waals surface area contributed by atoms with E-state index in [0.29, 0.717) is 0 Å². The number of alkyl halides is 3. The lowest BCUT2D eigenvalue weighted by Gasteiger charge is -2.25. The summed E-state index contributed by atoms with van der Waals surface area (Å²) in [6.45, 7) is -2.64. The van der Waals surface area contributed by atoms with E-state index in [2.05, 4.69) is 0 Å². The molecule has 3 N–H and O–H groups in total. The van der Waals surface area contributed by atoms with Crippen LogP contribution in [0.1, 0.15) is 0 Å². The highest BCUT2D eigenvalue weighted by Crippen LogP contribution is 2.20. The minimum atomic E-state index is -4.66. The fraction of sp³-hybridized carbons (Fsp3) is 0.778. The molecule has 1 aliphatic heterocycles. The molecule has 0 aromatic rings. The van der Waals surface area contributed by atoms with Gasteiger partial charge in [0, 0.05) is 6.04 Å². The number of nitrogens with zero attached hydrogens (tertiary/aromatic N) is 1. The third kappa shape index (κ3) is 4.15. The molecule has 1 rings (SSSR count). The topological polar surface area (TPSA) is 92.9 Å². The van der Waals surface area contributed by atoms with Gasteiger partial charge in [-0.3, -0.25) is 9.59 Å². The molecule has 1 fully saturated rings.